The van der Waals surface area contributed by atoms with Gasteiger partial charge >= 0.3 is 0 Å². The molecule has 1 N–H and O–H groups in total. The van der Waals surface area contributed by atoms with E-state index < -0.39 is 0 Å². The van der Waals surface area contributed by atoms with Crippen LogP contribution < -0.4 is 5.32 Å². The highest BCUT2D eigenvalue weighted by Crippen LogP contribution is 2.29. The van der Waals surface area contributed by atoms with Crippen LogP contribution >= 0.6 is 11.6 Å². The normalized spacial score (nSPS) is 18.1. The lowest BCUT2D eigenvalue weighted by molar-refractivity contribution is 0.481. The third-order valence-corrected chi connectivity index (χ3v) is 4.56. The summed E-state index contributed by atoms with van der Waals surface area (Å²) in [5.41, 5.74) is 4.91. The van der Waals surface area contributed by atoms with Crippen LogP contribution in [0.4, 0.5) is 0 Å². The Kier molecular flexibility index (Phi) is 3.81. The van der Waals surface area contributed by atoms with Crippen LogP contribution in [0.1, 0.15) is 35.5 Å². The van der Waals surface area contributed by atoms with Crippen LogP contribution in [0.2, 0.25) is 5.02 Å². The fraction of sp³-hybridized carbons (Fsp3) is 0.438. The molecule has 1 unspecified atom stereocenters. The first-order chi connectivity index (χ1) is 9.70. The van der Waals surface area contributed by atoms with Gasteiger partial charge in [0.05, 0.1) is 16.4 Å². The second-order valence-electron chi connectivity index (χ2n) is 5.32. The van der Waals surface area contributed by atoms with Crippen molar-refractivity contribution in [3.63, 3.8) is 0 Å². The Morgan fingerprint density at radius 3 is 3.00 bits per heavy atom. The standard InChI is InChI=1S/C16H20ClN3/c1-3-20-15(16(17)11(2)19-20)10-14-13-7-5-4-6-12(13)8-9-18-14/h4-7,14,18H,3,8-10H2,1-2H3. The van der Waals surface area contributed by atoms with Gasteiger partial charge in [-0.3, -0.25) is 4.68 Å². The Balaban J connectivity index is 1.93. The molecule has 4 heteroatoms. The third kappa shape index (κ3) is 2.36. The number of benzene rings is 1. The molecular weight excluding hydrogens is 270 g/mol. The number of hydrogen-bond acceptors (Lipinski definition) is 2. The van der Waals surface area contributed by atoms with Gasteiger partial charge in [-0.05, 0) is 37.9 Å². The molecule has 2 aromatic rings. The van der Waals surface area contributed by atoms with Gasteiger partial charge in [-0.2, -0.15) is 5.10 Å². The highest BCUT2D eigenvalue weighted by Gasteiger charge is 2.23. The molecule has 0 aliphatic carbocycles. The van der Waals surface area contributed by atoms with Gasteiger partial charge in [0.1, 0.15) is 0 Å². The molecule has 0 spiro atoms. The fourth-order valence-corrected chi connectivity index (χ4v) is 3.24. The molecule has 0 fully saturated rings. The first kappa shape index (κ1) is 13.7. The Bertz CT molecular complexity index is 618. The molecule has 0 bridgehead atoms. The second kappa shape index (κ2) is 5.58. The van der Waals surface area contributed by atoms with E-state index in [-0.39, 0.29) is 0 Å². The molecule has 1 aromatic carbocycles. The van der Waals surface area contributed by atoms with Crippen LogP contribution in [0.25, 0.3) is 0 Å². The van der Waals surface area contributed by atoms with E-state index in [4.69, 9.17) is 11.6 Å². The topological polar surface area (TPSA) is 29.9 Å². The number of nitrogens with one attached hydrogen (secondary N) is 1. The smallest absolute Gasteiger partial charge is 0.0847 e. The van der Waals surface area contributed by atoms with Crippen LogP contribution in [-0.4, -0.2) is 16.3 Å². The van der Waals surface area contributed by atoms with Gasteiger partial charge < -0.3 is 5.32 Å². The summed E-state index contributed by atoms with van der Waals surface area (Å²) in [5.74, 6) is 0. The highest BCUT2D eigenvalue weighted by molar-refractivity contribution is 6.31. The van der Waals surface area contributed by atoms with Gasteiger partial charge in [-0.15, -0.1) is 0 Å². The summed E-state index contributed by atoms with van der Waals surface area (Å²) in [7, 11) is 0. The van der Waals surface area contributed by atoms with Crippen molar-refractivity contribution in [3.05, 3.63) is 51.8 Å². The van der Waals surface area contributed by atoms with Crippen molar-refractivity contribution >= 4 is 11.6 Å². The predicted octanol–water partition coefficient (Wildman–Crippen LogP) is 3.29. The number of aromatic nitrogens is 2. The summed E-state index contributed by atoms with van der Waals surface area (Å²) in [5, 5.41) is 8.94. The molecule has 1 aliphatic heterocycles. The zero-order chi connectivity index (χ0) is 14.1. The van der Waals surface area contributed by atoms with Gasteiger partial charge in [0.2, 0.25) is 0 Å². The Hall–Kier alpha value is -1.32. The molecule has 1 aromatic heterocycles. The molecule has 3 rings (SSSR count). The molecule has 20 heavy (non-hydrogen) atoms. The van der Waals surface area contributed by atoms with Crippen molar-refractivity contribution in [2.45, 2.75) is 39.3 Å². The van der Waals surface area contributed by atoms with Crippen molar-refractivity contribution < 1.29 is 0 Å². The van der Waals surface area contributed by atoms with Gasteiger partial charge in [-0.25, -0.2) is 0 Å². The number of halogens is 1. The average molecular weight is 290 g/mol. The Morgan fingerprint density at radius 2 is 2.20 bits per heavy atom. The summed E-state index contributed by atoms with van der Waals surface area (Å²) in [6, 6.07) is 9.02. The van der Waals surface area contributed by atoms with E-state index >= 15 is 0 Å². The van der Waals surface area contributed by atoms with Crippen LogP contribution in [0.15, 0.2) is 24.3 Å². The molecule has 106 valence electrons. The maximum absolute atomic E-state index is 6.43. The van der Waals surface area contributed by atoms with E-state index in [9.17, 15) is 0 Å². The molecular formula is C16H20ClN3. The number of nitrogens with zero attached hydrogens (tertiary/aromatic N) is 2. The predicted molar refractivity (Wildman–Crippen MR) is 82.2 cm³/mol. The van der Waals surface area contributed by atoms with E-state index in [1.165, 1.54) is 11.1 Å². The molecule has 0 amide bonds. The molecule has 1 aliphatic rings. The Labute approximate surface area is 124 Å². The molecule has 0 radical (unpaired) electrons. The van der Waals surface area contributed by atoms with E-state index in [1.807, 2.05) is 11.6 Å². The number of hydrogen-bond donors (Lipinski definition) is 1. The molecule has 0 saturated carbocycles. The number of fused-ring (bicyclic) bond motifs is 1. The van der Waals surface area contributed by atoms with E-state index in [1.54, 1.807) is 0 Å². The van der Waals surface area contributed by atoms with Crippen LogP contribution in [0, 0.1) is 6.92 Å². The van der Waals surface area contributed by atoms with Crippen molar-refractivity contribution in [3.8, 4) is 0 Å². The van der Waals surface area contributed by atoms with Gasteiger partial charge in [0.15, 0.2) is 0 Å². The van der Waals surface area contributed by atoms with E-state index in [0.717, 1.165) is 42.3 Å². The molecule has 1 atom stereocenters. The zero-order valence-electron chi connectivity index (χ0n) is 12.0. The fourth-order valence-electron chi connectivity index (χ4n) is 3.03. The maximum Gasteiger partial charge on any atom is 0.0847 e. The SMILES string of the molecule is CCn1nc(C)c(Cl)c1CC1NCCc2ccccc21. The maximum atomic E-state index is 6.43. The van der Waals surface area contributed by atoms with Gasteiger partial charge in [0, 0.05) is 19.0 Å². The van der Waals surface area contributed by atoms with Crippen LogP contribution in [0.5, 0.6) is 0 Å². The van der Waals surface area contributed by atoms with Crippen molar-refractivity contribution in [1.29, 1.82) is 0 Å². The summed E-state index contributed by atoms with van der Waals surface area (Å²) < 4.78 is 2.02. The Morgan fingerprint density at radius 1 is 1.40 bits per heavy atom. The zero-order valence-corrected chi connectivity index (χ0v) is 12.7. The lowest BCUT2D eigenvalue weighted by Gasteiger charge is -2.27. The highest BCUT2D eigenvalue weighted by atomic mass is 35.5. The van der Waals surface area contributed by atoms with Crippen molar-refractivity contribution in [2.75, 3.05) is 6.54 Å². The first-order valence-corrected chi connectivity index (χ1v) is 7.61. The van der Waals surface area contributed by atoms with E-state index in [0.29, 0.717) is 6.04 Å². The van der Waals surface area contributed by atoms with Crippen LogP contribution in [-0.2, 0) is 19.4 Å². The quantitative estimate of drug-likeness (QED) is 0.940. The van der Waals surface area contributed by atoms with E-state index in [2.05, 4.69) is 41.6 Å². The van der Waals surface area contributed by atoms with Gasteiger partial charge in [0.25, 0.3) is 0 Å². The first-order valence-electron chi connectivity index (χ1n) is 7.23. The lowest BCUT2D eigenvalue weighted by atomic mass is 9.91. The summed E-state index contributed by atoms with van der Waals surface area (Å²) >= 11 is 6.43. The minimum absolute atomic E-state index is 0.332. The minimum Gasteiger partial charge on any atom is -0.309 e. The monoisotopic (exact) mass is 289 g/mol. The second-order valence-corrected chi connectivity index (χ2v) is 5.70. The number of rotatable bonds is 3. The lowest BCUT2D eigenvalue weighted by Crippen LogP contribution is -2.31. The summed E-state index contributed by atoms with van der Waals surface area (Å²) in [6.07, 6.45) is 2.00. The molecule has 3 nitrogen and oxygen atoms in total. The third-order valence-electron chi connectivity index (χ3n) is 4.07. The minimum atomic E-state index is 0.332. The van der Waals surface area contributed by atoms with Crippen molar-refractivity contribution in [2.24, 2.45) is 0 Å². The van der Waals surface area contributed by atoms with Crippen molar-refractivity contribution in [1.82, 2.24) is 15.1 Å². The number of aryl methyl sites for hydroxylation is 2. The van der Waals surface area contributed by atoms with Gasteiger partial charge in [-0.1, -0.05) is 35.9 Å². The molecule has 2 heterocycles. The largest absolute Gasteiger partial charge is 0.309 e. The molecule has 0 saturated heterocycles. The van der Waals surface area contributed by atoms with Crippen LogP contribution in [0.3, 0.4) is 0 Å². The average Bonchev–Trinajstić information content (AvgIpc) is 2.75. The summed E-state index contributed by atoms with van der Waals surface area (Å²) in [4.78, 5) is 0. The summed E-state index contributed by atoms with van der Waals surface area (Å²) in [6.45, 7) is 5.96.